The largest absolute Gasteiger partial charge is 1.00 e. The molecule has 0 spiro atoms. The van der Waals surface area contributed by atoms with Gasteiger partial charge in [-0.05, 0) is 60.7 Å². The molecule has 0 fully saturated rings. The number of ether oxygens (including phenoxy) is 3. The van der Waals surface area contributed by atoms with Crippen LogP contribution in [-0.2, 0) is 42.9 Å². The first-order valence-electron chi connectivity index (χ1n) is 20.0. The molecule has 8 rings (SSSR count). The molecule has 2 amide bonds. The molecule has 30 heteroatoms. The van der Waals surface area contributed by atoms with Crippen LogP contribution in [0.5, 0.6) is 17.4 Å². The van der Waals surface area contributed by atoms with Gasteiger partial charge in [0.2, 0.25) is 31.9 Å². The quantitative estimate of drug-likeness (QED) is 0.0642. The monoisotopic (exact) mass is 1410 g/mol. The molecule has 19 nitrogen and oxygen atoms in total. The smallest absolute Gasteiger partial charge is 1.00 e. The van der Waals surface area contributed by atoms with Gasteiger partial charge in [-0.1, -0.05) is 54.9 Å². The van der Waals surface area contributed by atoms with Crippen molar-refractivity contribution in [2.45, 2.75) is 20.6 Å². The number of aliphatic hydroxyl groups excluding tert-OH is 1. The number of carbonyl (C=O) groups is 3. The molecular formula is C46H41Cl2Cs2F3N6O13S4. The number of sulfonamides is 2. The summed E-state index contributed by atoms with van der Waals surface area (Å²) in [5.74, 6) is -4.72. The SMILES string of the molecule is C.COc1cc(C(=O)NS(C)(=O)=O)c(F)cc1-c1cnc(F)c(Cl)c1.COc1cc(C(=O)NS(C)(=O)=O)c(F)cc1-c1cnc(OCc2nc3ccccc3s2)c(Cl)c1.O=CO[O-].OCc1nc2ccccc2s1.[Cs+].[Cs+].[H-]. The van der Waals surface area contributed by atoms with Crippen LogP contribution in [0.1, 0.15) is 39.6 Å². The number of nitrogens with one attached hydrogen (secondary N) is 2. The van der Waals surface area contributed by atoms with Crippen LogP contribution in [-0.4, -0.2) is 86.9 Å². The Morgan fingerprint density at radius 1 is 0.724 bits per heavy atom. The standard InChI is InChI=1S/C22H17ClFN3O5S2.C14H11ClF2N2O4S.C8H7NOS.CH2O3.CH4.2Cs.H/c1-31-18-9-14(21(28)27-34(2,29)30)16(24)8-13(18)12-7-15(23)22(25-10-12)32-11-20-26-17-5-3-4-6-19(17)33-20;1-23-12-5-9(14(20)19-24(2,21)22)11(16)4-8(12)7-3-10(15)13(17)18-6-7;10-5-8-9-6-3-1-2-4-7(6)11-8;2-1-4-3;;;;/h3-10H,11H2,1-2H3,(H,27,28);3-6H,1-2H3,(H,19,20);1-4,10H,5H2;1,3H;1H4;;;/q;;;;;2*+1;-1/p-1. The molecule has 4 aromatic heterocycles. The molecule has 0 bridgehead atoms. The minimum Gasteiger partial charge on any atom is -1.00 e. The van der Waals surface area contributed by atoms with Crippen LogP contribution >= 0.6 is 45.9 Å². The number of aromatic nitrogens is 4. The molecule has 0 saturated heterocycles. The Morgan fingerprint density at radius 3 is 1.54 bits per heavy atom. The predicted octanol–water partition coefficient (Wildman–Crippen LogP) is 1.79. The van der Waals surface area contributed by atoms with Crippen molar-refractivity contribution in [3.8, 4) is 39.6 Å². The number of nitrogens with zero attached hydrogens (tertiary/aromatic N) is 4. The summed E-state index contributed by atoms with van der Waals surface area (Å²) in [6.07, 6.45) is 4.10. The predicted molar refractivity (Wildman–Crippen MR) is 271 cm³/mol. The van der Waals surface area contributed by atoms with Gasteiger partial charge in [-0.3, -0.25) is 14.4 Å². The van der Waals surface area contributed by atoms with E-state index < -0.39 is 60.6 Å². The van der Waals surface area contributed by atoms with E-state index in [1.54, 1.807) is 9.44 Å². The Labute approximate surface area is 570 Å². The normalized spacial score (nSPS) is 10.5. The average Bonchev–Trinajstić information content (AvgIpc) is 3.98. The van der Waals surface area contributed by atoms with Crippen LogP contribution in [0.25, 0.3) is 42.7 Å². The molecule has 394 valence electrons. The van der Waals surface area contributed by atoms with Crippen LogP contribution in [0.4, 0.5) is 13.2 Å². The second-order valence-corrected chi connectivity index (χ2v) is 20.8. The maximum atomic E-state index is 14.7. The van der Waals surface area contributed by atoms with Crippen LogP contribution in [0.3, 0.4) is 0 Å². The van der Waals surface area contributed by atoms with E-state index in [1.807, 2.05) is 48.5 Å². The Hall–Kier alpha value is -2.94. The minimum absolute atomic E-state index is 0. The van der Waals surface area contributed by atoms with Gasteiger partial charge in [0.25, 0.3) is 18.3 Å². The van der Waals surface area contributed by atoms with Gasteiger partial charge >= 0.3 is 138 Å². The minimum atomic E-state index is -3.87. The van der Waals surface area contributed by atoms with Gasteiger partial charge in [0.05, 0.1) is 69.9 Å². The molecule has 0 unspecified atom stereocenters. The second kappa shape index (κ2) is 32.4. The number of carbonyl (C=O) groups excluding carboxylic acids is 3. The molecule has 0 aliphatic heterocycles. The van der Waals surface area contributed by atoms with Crippen molar-refractivity contribution in [3.05, 3.63) is 146 Å². The fourth-order valence-corrected chi connectivity index (χ4v) is 9.03. The van der Waals surface area contributed by atoms with Crippen molar-refractivity contribution < 1.29 is 213 Å². The van der Waals surface area contributed by atoms with E-state index in [0.717, 1.165) is 73.4 Å². The number of rotatable bonds is 13. The van der Waals surface area contributed by atoms with E-state index in [9.17, 15) is 39.6 Å². The average molecular weight is 1410 g/mol. The third-order valence-corrected chi connectivity index (χ3v) is 12.7. The van der Waals surface area contributed by atoms with Crippen molar-refractivity contribution >= 4 is 105 Å². The van der Waals surface area contributed by atoms with Crippen LogP contribution < -0.4 is 167 Å². The molecule has 4 aromatic carbocycles. The third kappa shape index (κ3) is 20.3. The first-order valence-corrected chi connectivity index (χ1v) is 26.2. The summed E-state index contributed by atoms with van der Waals surface area (Å²) >= 11 is 15.0. The maximum absolute atomic E-state index is 14.7. The Bertz CT molecular complexity index is 3490. The molecule has 0 saturated carbocycles. The number of benzene rings is 4. The number of halogens is 5. The Balaban J connectivity index is 0.000000599. The number of pyridine rings is 2. The van der Waals surface area contributed by atoms with Crippen molar-refractivity contribution in [2.75, 3.05) is 26.7 Å². The maximum Gasteiger partial charge on any atom is 1.00 e. The summed E-state index contributed by atoms with van der Waals surface area (Å²) in [6.45, 7) is 0.0346. The number of amides is 2. The number of hydrogen-bond donors (Lipinski definition) is 3. The van der Waals surface area contributed by atoms with Gasteiger partial charge in [-0.25, -0.2) is 55.0 Å². The van der Waals surface area contributed by atoms with Gasteiger partial charge in [-0.2, -0.15) is 4.39 Å². The zero-order valence-electron chi connectivity index (χ0n) is 40.9. The fraction of sp³-hybridized carbons (Fsp3) is 0.152. The van der Waals surface area contributed by atoms with E-state index in [1.165, 1.54) is 55.2 Å². The number of fused-ring (bicyclic) bond motifs is 2. The molecule has 0 aliphatic rings. The summed E-state index contributed by atoms with van der Waals surface area (Å²) < 4.78 is 108. The Kier molecular flexibility index (Phi) is 29.4. The second-order valence-electron chi connectivity index (χ2n) is 14.3. The molecule has 3 N–H and O–H groups in total. The third-order valence-electron chi connectivity index (χ3n) is 9.03. The number of hydrogen-bond acceptors (Lipinski definition) is 19. The first kappa shape index (κ1) is 69.2. The zero-order valence-corrected chi connectivity index (χ0v) is 57.2. The van der Waals surface area contributed by atoms with Gasteiger partial charge in [-0.15, -0.1) is 22.7 Å². The summed E-state index contributed by atoms with van der Waals surface area (Å²) in [6, 6.07) is 22.5. The molecule has 8 aromatic rings. The summed E-state index contributed by atoms with van der Waals surface area (Å²) in [5.41, 5.74) is 1.94. The molecule has 4 heterocycles. The van der Waals surface area contributed by atoms with E-state index in [0.29, 0.717) is 5.56 Å². The van der Waals surface area contributed by atoms with Gasteiger partial charge in [0.15, 0.2) is 0 Å². The van der Waals surface area contributed by atoms with Crippen LogP contribution in [0.2, 0.25) is 10.0 Å². The van der Waals surface area contributed by atoms with Crippen molar-refractivity contribution in [2.24, 2.45) is 0 Å². The molecule has 0 radical (unpaired) electrons. The number of thiazole rings is 2. The van der Waals surface area contributed by atoms with Crippen LogP contribution in [0.15, 0.2) is 97.3 Å². The molecule has 0 atom stereocenters. The fourth-order valence-electron chi connectivity index (χ4n) is 6.04. The van der Waals surface area contributed by atoms with E-state index in [2.05, 4.69) is 24.8 Å². The summed E-state index contributed by atoms with van der Waals surface area (Å²) in [7, 11) is -5.12. The van der Waals surface area contributed by atoms with E-state index >= 15 is 0 Å². The molecular weight excluding hydrogens is 1370 g/mol. The molecule has 0 aliphatic carbocycles. The zero-order chi connectivity index (χ0) is 53.6. The summed E-state index contributed by atoms with van der Waals surface area (Å²) in [4.78, 5) is 51.5. The van der Waals surface area contributed by atoms with Gasteiger partial charge < -0.3 is 30.9 Å². The van der Waals surface area contributed by atoms with Crippen molar-refractivity contribution in [3.63, 3.8) is 0 Å². The Morgan fingerprint density at radius 2 is 1.14 bits per heavy atom. The van der Waals surface area contributed by atoms with Crippen LogP contribution in [0, 0.1) is 17.6 Å². The van der Waals surface area contributed by atoms with Gasteiger partial charge in [0.1, 0.15) is 44.8 Å². The van der Waals surface area contributed by atoms with Crippen molar-refractivity contribution in [1.29, 1.82) is 0 Å². The van der Waals surface area contributed by atoms with Gasteiger partial charge in [0, 0.05) is 34.6 Å². The topological polar surface area (TPSA) is 275 Å². The first-order chi connectivity index (χ1) is 34.6. The van der Waals surface area contributed by atoms with E-state index in [-0.39, 0.29) is 210 Å². The molecule has 76 heavy (non-hydrogen) atoms. The number of para-hydroxylation sites is 2. The van der Waals surface area contributed by atoms with E-state index in [4.69, 9.17) is 52.6 Å². The number of methoxy groups -OCH3 is 2. The van der Waals surface area contributed by atoms with Crippen molar-refractivity contribution in [1.82, 2.24) is 29.4 Å². The summed E-state index contributed by atoms with van der Waals surface area (Å²) in [5, 5.41) is 18.7. The number of aliphatic hydroxyl groups is 1.